The molecule has 1 saturated heterocycles. The van der Waals surface area contributed by atoms with Crippen molar-refractivity contribution in [3.05, 3.63) is 30.0 Å². The number of rotatable bonds is 4. The third-order valence-corrected chi connectivity index (χ3v) is 4.11. The molecule has 0 spiro atoms. The minimum atomic E-state index is -0.423. The van der Waals surface area contributed by atoms with E-state index in [1.165, 1.54) is 6.42 Å². The van der Waals surface area contributed by atoms with E-state index >= 15 is 0 Å². The number of fused-ring (bicyclic) bond motifs is 1. The van der Waals surface area contributed by atoms with E-state index in [0.29, 0.717) is 11.3 Å². The third kappa shape index (κ3) is 3.09. The Morgan fingerprint density at radius 3 is 2.73 bits per heavy atom. The second-order valence-electron chi connectivity index (χ2n) is 5.62. The molecule has 118 valence electrons. The molecule has 22 heavy (non-hydrogen) atoms. The smallest absolute Gasteiger partial charge is 0.375 e. The summed E-state index contributed by atoms with van der Waals surface area (Å²) in [6.45, 7) is 3.87. The van der Waals surface area contributed by atoms with E-state index in [4.69, 9.17) is 13.9 Å². The highest BCUT2D eigenvalue weighted by atomic mass is 16.6. The van der Waals surface area contributed by atoms with Gasteiger partial charge in [-0.3, -0.25) is 4.90 Å². The first kappa shape index (κ1) is 14.9. The molecular weight excluding hydrogens is 282 g/mol. The van der Waals surface area contributed by atoms with Gasteiger partial charge < -0.3 is 13.9 Å². The predicted molar refractivity (Wildman–Crippen MR) is 83.1 cm³/mol. The first-order chi connectivity index (χ1) is 10.7. The number of carbonyl (C=O) groups is 1. The minimum Gasteiger partial charge on any atom is -0.497 e. The van der Waals surface area contributed by atoms with Crippen LogP contribution in [0.1, 0.15) is 36.7 Å². The molecule has 0 N–H and O–H groups in total. The van der Waals surface area contributed by atoms with Crippen LogP contribution in [0, 0.1) is 0 Å². The Morgan fingerprint density at radius 2 is 2.00 bits per heavy atom. The molecule has 1 atom stereocenters. The van der Waals surface area contributed by atoms with Gasteiger partial charge in [-0.25, -0.2) is 4.79 Å². The van der Waals surface area contributed by atoms with Gasteiger partial charge in [0.15, 0.2) is 6.23 Å². The lowest BCUT2D eigenvalue weighted by Gasteiger charge is -2.31. The molecule has 1 unspecified atom stereocenters. The van der Waals surface area contributed by atoms with Gasteiger partial charge in [0.25, 0.3) is 0 Å². The van der Waals surface area contributed by atoms with Gasteiger partial charge in [0.05, 0.1) is 7.11 Å². The fraction of sp³-hybridized carbons (Fsp3) is 0.471. The zero-order valence-corrected chi connectivity index (χ0v) is 13.0. The molecule has 1 aromatic heterocycles. The average molecular weight is 303 g/mol. The standard InChI is InChI=1S/C17H21NO4/c1-12(18-8-4-3-5-9-18)21-17(19)16-10-13-6-7-14(20-2)11-15(13)22-16/h6-7,10-12H,3-5,8-9H2,1-2H3. The number of benzene rings is 1. The number of methoxy groups -OCH3 is 1. The highest BCUT2D eigenvalue weighted by Gasteiger charge is 2.22. The first-order valence-electron chi connectivity index (χ1n) is 7.70. The maximum absolute atomic E-state index is 12.2. The lowest BCUT2D eigenvalue weighted by molar-refractivity contribution is -0.0319. The van der Waals surface area contributed by atoms with Crippen LogP contribution >= 0.6 is 0 Å². The quantitative estimate of drug-likeness (QED) is 0.810. The van der Waals surface area contributed by atoms with E-state index in [1.807, 2.05) is 19.1 Å². The summed E-state index contributed by atoms with van der Waals surface area (Å²) < 4.78 is 16.3. The normalized spacial score (nSPS) is 17.4. The van der Waals surface area contributed by atoms with Gasteiger partial charge in [0, 0.05) is 24.5 Å². The van der Waals surface area contributed by atoms with Gasteiger partial charge in [0.2, 0.25) is 5.76 Å². The average Bonchev–Trinajstić information content (AvgIpc) is 2.98. The van der Waals surface area contributed by atoms with Crippen molar-refractivity contribution >= 4 is 16.9 Å². The maximum Gasteiger partial charge on any atom is 0.375 e. The van der Waals surface area contributed by atoms with Crippen molar-refractivity contribution in [2.75, 3.05) is 20.2 Å². The Labute approximate surface area is 129 Å². The van der Waals surface area contributed by atoms with Crippen LogP contribution < -0.4 is 4.74 Å². The minimum absolute atomic E-state index is 0.226. The van der Waals surface area contributed by atoms with Gasteiger partial charge >= 0.3 is 5.97 Å². The maximum atomic E-state index is 12.2. The summed E-state index contributed by atoms with van der Waals surface area (Å²) >= 11 is 0. The van der Waals surface area contributed by atoms with Gasteiger partial charge in [-0.2, -0.15) is 0 Å². The molecule has 0 saturated carbocycles. The molecule has 0 amide bonds. The second kappa shape index (κ2) is 6.40. The van der Waals surface area contributed by atoms with Crippen LogP contribution in [0.3, 0.4) is 0 Å². The molecule has 0 aliphatic carbocycles. The monoisotopic (exact) mass is 303 g/mol. The Kier molecular flexibility index (Phi) is 4.34. The fourth-order valence-electron chi connectivity index (χ4n) is 2.81. The van der Waals surface area contributed by atoms with Crippen LogP contribution in [0.25, 0.3) is 11.0 Å². The summed E-state index contributed by atoms with van der Waals surface area (Å²) in [5.41, 5.74) is 0.622. The van der Waals surface area contributed by atoms with Crippen molar-refractivity contribution in [1.82, 2.24) is 4.90 Å². The molecule has 3 rings (SSSR count). The molecule has 1 fully saturated rings. The van der Waals surface area contributed by atoms with Crippen LogP contribution in [0.5, 0.6) is 5.75 Å². The molecule has 0 bridgehead atoms. The van der Waals surface area contributed by atoms with Crippen molar-refractivity contribution < 1.29 is 18.7 Å². The molecule has 2 heterocycles. The highest BCUT2D eigenvalue weighted by Crippen LogP contribution is 2.25. The summed E-state index contributed by atoms with van der Waals surface area (Å²) in [7, 11) is 1.60. The van der Waals surface area contributed by atoms with E-state index in [0.717, 1.165) is 31.3 Å². The molecule has 1 aliphatic rings. The molecule has 2 aromatic rings. The van der Waals surface area contributed by atoms with Crippen molar-refractivity contribution in [2.24, 2.45) is 0 Å². The SMILES string of the molecule is COc1ccc2cc(C(=O)OC(C)N3CCCCC3)oc2c1. The van der Waals surface area contributed by atoms with Crippen LogP contribution in [-0.2, 0) is 4.74 Å². The largest absolute Gasteiger partial charge is 0.497 e. The summed E-state index contributed by atoms with van der Waals surface area (Å²) in [6, 6.07) is 7.17. The molecule has 0 radical (unpaired) electrons. The number of hydrogen-bond acceptors (Lipinski definition) is 5. The van der Waals surface area contributed by atoms with Crippen LogP contribution in [0.4, 0.5) is 0 Å². The number of piperidine rings is 1. The number of esters is 1. The third-order valence-electron chi connectivity index (χ3n) is 4.11. The van der Waals surface area contributed by atoms with E-state index in [2.05, 4.69) is 4.90 Å². The van der Waals surface area contributed by atoms with E-state index < -0.39 is 5.97 Å². The predicted octanol–water partition coefficient (Wildman–Crippen LogP) is 3.43. The molecular formula is C17H21NO4. The number of likely N-dealkylation sites (tertiary alicyclic amines) is 1. The number of furan rings is 1. The van der Waals surface area contributed by atoms with Crippen LogP contribution in [-0.4, -0.2) is 37.3 Å². The zero-order chi connectivity index (χ0) is 15.5. The van der Waals surface area contributed by atoms with Crippen molar-refractivity contribution in [3.8, 4) is 5.75 Å². The molecule has 5 heteroatoms. The summed E-state index contributed by atoms with van der Waals surface area (Å²) in [5, 5.41) is 0.860. The number of carbonyl (C=O) groups excluding carboxylic acids is 1. The lowest BCUT2D eigenvalue weighted by Crippen LogP contribution is -2.40. The van der Waals surface area contributed by atoms with Crippen molar-refractivity contribution in [3.63, 3.8) is 0 Å². The number of nitrogens with zero attached hydrogens (tertiary/aromatic N) is 1. The summed E-state index contributed by atoms with van der Waals surface area (Å²) in [4.78, 5) is 14.4. The highest BCUT2D eigenvalue weighted by molar-refractivity contribution is 5.92. The lowest BCUT2D eigenvalue weighted by atomic mass is 10.1. The fourth-order valence-corrected chi connectivity index (χ4v) is 2.81. The summed E-state index contributed by atoms with van der Waals surface area (Å²) in [5.74, 6) is 0.504. The Balaban J connectivity index is 1.71. The first-order valence-corrected chi connectivity index (χ1v) is 7.70. The Morgan fingerprint density at radius 1 is 1.23 bits per heavy atom. The van der Waals surface area contributed by atoms with E-state index in [-0.39, 0.29) is 12.0 Å². The molecule has 5 nitrogen and oxygen atoms in total. The Bertz CT molecular complexity index is 658. The number of hydrogen-bond donors (Lipinski definition) is 0. The molecule has 1 aliphatic heterocycles. The van der Waals surface area contributed by atoms with E-state index in [1.54, 1.807) is 19.2 Å². The van der Waals surface area contributed by atoms with Gasteiger partial charge in [-0.05, 0) is 38.0 Å². The van der Waals surface area contributed by atoms with Gasteiger partial charge in [0.1, 0.15) is 11.3 Å². The van der Waals surface area contributed by atoms with Crippen LogP contribution in [0.15, 0.2) is 28.7 Å². The topological polar surface area (TPSA) is 51.9 Å². The number of ether oxygens (including phenoxy) is 2. The van der Waals surface area contributed by atoms with Gasteiger partial charge in [-0.1, -0.05) is 6.42 Å². The van der Waals surface area contributed by atoms with Crippen LogP contribution in [0.2, 0.25) is 0 Å². The zero-order valence-electron chi connectivity index (χ0n) is 13.0. The summed E-state index contributed by atoms with van der Waals surface area (Å²) in [6.07, 6.45) is 3.34. The van der Waals surface area contributed by atoms with Gasteiger partial charge in [-0.15, -0.1) is 0 Å². The van der Waals surface area contributed by atoms with Crippen molar-refractivity contribution in [2.45, 2.75) is 32.4 Å². The second-order valence-corrected chi connectivity index (χ2v) is 5.62. The molecule has 1 aromatic carbocycles. The van der Waals surface area contributed by atoms with E-state index in [9.17, 15) is 4.79 Å². The van der Waals surface area contributed by atoms with Crippen molar-refractivity contribution in [1.29, 1.82) is 0 Å². The Hall–Kier alpha value is -2.01.